The van der Waals surface area contributed by atoms with Crippen molar-refractivity contribution in [2.45, 2.75) is 31.5 Å². The van der Waals surface area contributed by atoms with Crippen LogP contribution in [0.2, 0.25) is 5.02 Å². The van der Waals surface area contributed by atoms with Crippen molar-refractivity contribution in [3.63, 3.8) is 0 Å². The zero-order valence-electron chi connectivity index (χ0n) is 19.0. The van der Waals surface area contributed by atoms with Gasteiger partial charge in [-0.2, -0.15) is 0 Å². The van der Waals surface area contributed by atoms with Gasteiger partial charge >= 0.3 is 0 Å². The second kappa shape index (κ2) is 10.3. The second-order valence-corrected chi connectivity index (χ2v) is 8.94. The normalized spacial score (nSPS) is 17.6. The van der Waals surface area contributed by atoms with Crippen molar-refractivity contribution in [3.8, 4) is 17.4 Å². The van der Waals surface area contributed by atoms with Gasteiger partial charge < -0.3 is 29.5 Å². The van der Waals surface area contributed by atoms with E-state index in [1.807, 2.05) is 12.1 Å². The Morgan fingerprint density at radius 3 is 2.76 bits per heavy atom. The van der Waals surface area contributed by atoms with E-state index in [1.165, 1.54) is 0 Å². The van der Waals surface area contributed by atoms with Crippen molar-refractivity contribution in [1.29, 1.82) is 0 Å². The van der Waals surface area contributed by atoms with Crippen molar-refractivity contribution >= 4 is 22.6 Å². The SMILES string of the molecule is COc1ccc2ncc(Cl)c(C(O)CN3CCC(NCc4cc5c(cn4)OCCO5)CC3)c2n1. The number of fused-ring (bicyclic) bond motifs is 2. The van der Waals surface area contributed by atoms with E-state index >= 15 is 0 Å². The van der Waals surface area contributed by atoms with Crippen LogP contribution < -0.4 is 19.5 Å². The molecule has 3 aromatic heterocycles. The van der Waals surface area contributed by atoms with Crippen molar-refractivity contribution in [1.82, 2.24) is 25.2 Å². The van der Waals surface area contributed by atoms with Crippen LogP contribution in [0.5, 0.6) is 17.4 Å². The largest absolute Gasteiger partial charge is 0.486 e. The van der Waals surface area contributed by atoms with E-state index in [0.717, 1.165) is 37.4 Å². The third kappa shape index (κ3) is 5.02. The fourth-order valence-corrected chi connectivity index (χ4v) is 4.73. The molecule has 3 aromatic rings. The second-order valence-electron chi connectivity index (χ2n) is 8.53. The number of hydrogen-bond acceptors (Lipinski definition) is 9. The molecule has 1 fully saturated rings. The molecule has 5 rings (SSSR count). The molecule has 34 heavy (non-hydrogen) atoms. The molecule has 9 nitrogen and oxygen atoms in total. The number of piperidine rings is 1. The first-order valence-corrected chi connectivity index (χ1v) is 11.9. The summed E-state index contributed by atoms with van der Waals surface area (Å²) in [4.78, 5) is 15.5. The fraction of sp³-hybridized carbons (Fsp3) is 0.458. The Balaban J connectivity index is 1.16. The molecule has 2 N–H and O–H groups in total. The van der Waals surface area contributed by atoms with Gasteiger partial charge in [0.25, 0.3) is 0 Å². The fourth-order valence-electron chi connectivity index (χ4n) is 4.47. The maximum Gasteiger partial charge on any atom is 0.213 e. The van der Waals surface area contributed by atoms with Crippen molar-refractivity contribution in [2.24, 2.45) is 0 Å². The Hall–Kier alpha value is -2.72. The van der Waals surface area contributed by atoms with Crippen LogP contribution in [0.1, 0.15) is 30.2 Å². The Morgan fingerprint density at radius 1 is 1.18 bits per heavy atom. The Kier molecular flexibility index (Phi) is 6.96. The number of hydrogen-bond donors (Lipinski definition) is 2. The Bertz CT molecular complexity index is 1160. The van der Waals surface area contributed by atoms with Crippen molar-refractivity contribution in [3.05, 3.63) is 46.9 Å². The number of pyridine rings is 3. The highest BCUT2D eigenvalue weighted by atomic mass is 35.5. The maximum atomic E-state index is 11.0. The Labute approximate surface area is 203 Å². The van der Waals surface area contributed by atoms with Gasteiger partial charge in [-0.3, -0.25) is 9.97 Å². The minimum absolute atomic E-state index is 0.389. The molecule has 1 atom stereocenters. The molecule has 180 valence electrons. The number of methoxy groups -OCH3 is 1. The highest BCUT2D eigenvalue weighted by Gasteiger charge is 2.24. The van der Waals surface area contributed by atoms with Crippen LogP contribution in [0.4, 0.5) is 0 Å². The monoisotopic (exact) mass is 485 g/mol. The zero-order valence-corrected chi connectivity index (χ0v) is 19.8. The van der Waals surface area contributed by atoms with Gasteiger partial charge in [-0.25, -0.2) is 4.98 Å². The number of β-amino-alcohol motifs (C(OH)–C–C–N with tert-alkyl or cyclic N) is 1. The highest BCUT2D eigenvalue weighted by molar-refractivity contribution is 6.32. The van der Waals surface area contributed by atoms with E-state index in [-0.39, 0.29) is 0 Å². The summed E-state index contributed by atoms with van der Waals surface area (Å²) in [6.45, 7) is 4.04. The summed E-state index contributed by atoms with van der Waals surface area (Å²) in [7, 11) is 1.56. The van der Waals surface area contributed by atoms with Crippen LogP contribution in [-0.4, -0.2) is 71.0 Å². The summed E-state index contributed by atoms with van der Waals surface area (Å²) in [6, 6.07) is 5.90. The number of nitrogens with one attached hydrogen (secondary N) is 1. The summed E-state index contributed by atoms with van der Waals surface area (Å²) in [5.74, 6) is 1.93. The third-order valence-corrected chi connectivity index (χ3v) is 6.60. The summed E-state index contributed by atoms with van der Waals surface area (Å²) < 4.78 is 16.4. The summed E-state index contributed by atoms with van der Waals surface area (Å²) >= 11 is 6.42. The molecule has 5 heterocycles. The van der Waals surface area contributed by atoms with E-state index < -0.39 is 6.10 Å². The van der Waals surface area contributed by atoms with Crippen LogP contribution in [0.25, 0.3) is 11.0 Å². The van der Waals surface area contributed by atoms with E-state index in [0.29, 0.717) is 65.6 Å². The number of likely N-dealkylation sites (tertiary alicyclic amines) is 1. The molecule has 0 saturated carbocycles. The first kappa shape index (κ1) is 23.0. The number of ether oxygens (including phenoxy) is 3. The molecule has 0 amide bonds. The molecule has 1 unspecified atom stereocenters. The minimum Gasteiger partial charge on any atom is -0.486 e. The average Bonchev–Trinajstić information content (AvgIpc) is 2.87. The lowest BCUT2D eigenvalue weighted by atomic mass is 10.0. The number of halogens is 1. The summed E-state index contributed by atoms with van der Waals surface area (Å²) in [5, 5.41) is 15.1. The number of nitrogens with zero attached hydrogens (tertiary/aromatic N) is 4. The van der Waals surface area contributed by atoms with Crippen LogP contribution in [0.15, 0.2) is 30.6 Å². The van der Waals surface area contributed by atoms with Crippen molar-refractivity contribution < 1.29 is 19.3 Å². The quantitative estimate of drug-likeness (QED) is 0.523. The van der Waals surface area contributed by atoms with Crippen LogP contribution >= 0.6 is 11.6 Å². The topological polar surface area (TPSA) is 102 Å². The van der Waals surface area contributed by atoms with E-state index in [1.54, 1.807) is 25.6 Å². The minimum atomic E-state index is -0.774. The number of rotatable bonds is 7. The van der Waals surface area contributed by atoms with Crippen LogP contribution in [0, 0.1) is 0 Å². The van der Waals surface area contributed by atoms with Gasteiger partial charge in [0.15, 0.2) is 11.5 Å². The molecule has 2 aliphatic heterocycles. The lowest BCUT2D eigenvalue weighted by Crippen LogP contribution is -2.43. The maximum absolute atomic E-state index is 11.0. The van der Waals surface area contributed by atoms with Gasteiger partial charge in [0.1, 0.15) is 18.7 Å². The van der Waals surface area contributed by atoms with Gasteiger partial charge in [0.2, 0.25) is 5.88 Å². The number of aliphatic hydroxyl groups excluding tert-OH is 1. The Morgan fingerprint density at radius 2 is 1.97 bits per heavy atom. The summed E-state index contributed by atoms with van der Waals surface area (Å²) in [6.07, 6.45) is 4.48. The molecule has 0 spiro atoms. The molecule has 2 aliphatic rings. The van der Waals surface area contributed by atoms with E-state index in [4.69, 9.17) is 25.8 Å². The van der Waals surface area contributed by atoms with E-state index in [9.17, 15) is 5.11 Å². The van der Waals surface area contributed by atoms with Gasteiger partial charge in [0.05, 0.1) is 35.6 Å². The van der Waals surface area contributed by atoms with Crippen LogP contribution in [-0.2, 0) is 6.54 Å². The van der Waals surface area contributed by atoms with Gasteiger partial charge in [0, 0.05) is 43.0 Å². The first-order valence-electron chi connectivity index (χ1n) is 11.5. The molecule has 0 bridgehead atoms. The predicted molar refractivity (Wildman–Crippen MR) is 128 cm³/mol. The highest BCUT2D eigenvalue weighted by Crippen LogP contribution is 2.31. The number of aromatic nitrogens is 3. The van der Waals surface area contributed by atoms with Crippen LogP contribution in [0.3, 0.4) is 0 Å². The molecular weight excluding hydrogens is 458 g/mol. The molecule has 0 aromatic carbocycles. The van der Waals surface area contributed by atoms with Gasteiger partial charge in [-0.05, 0) is 32.0 Å². The van der Waals surface area contributed by atoms with Gasteiger partial charge in [-0.1, -0.05) is 11.6 Å². The molecule has 0 radical (unpaired) electrons. The standard InChI is InChI=1S/C24H28ClN5O4/c1-32-22-3-2-18-24(29-22)23(17(25)12-28-18)19(31)14-30-6-4-15(5-7-30)26-11-16-10-20-21(13-27-16)34-9-8-33-20/h2-3,10,12-13,15,19,26,31H,4-9,11,14H2,1H3. The smallest absolute Gasteiger partial charge is 0.213 e. The molecular formula is C24H28ClN5O4. The lowest BCUT2D eigenvalue weighted by Gasteiger charge is -2.33. The molecule has 10 heteroatoms. The van der Waals surface area contributed by atoms with Crippen molar-refractivity contribution in [2.75, 3.05) is 40.0 Å². The third-order valence-electron chi connectivity index (χ3n) is 6.30. The summed E-state index contributed by atoms with van der Waals surface area (Å²) in [5.41, 5.74) is 2.78. The molecule has 0 aliphatic carbocycles. The molecule has 1 saturated heterocycles. The van der Waals surface area contributed by atoms with E-state index in [2.05, 4.69) is 25.2 Å². The zero-order chi connectivity index (χ0) is 23.5. The number of aliphatic hydroxyl groups is 1. The lowest BCUT2D eigenvalue weighted by molar-refractivity contribution is 0.0948. The first-order chi connectivity index (χ1) is 16.6. The average molecular weight is 486 g/mol. The van der Waals surface area contributed by atoms with Gasteiger partial charge in [-0.15, -0.1) is 0 Å². The predicted octanol–water partition coefficient (Wildman–Crippen LogP) is 2.75.